The van der Waals surface area contributed by atoms with Crippen LogP contribution in [0, 0.1) is 0 Å². The summed E-state index contributed by atoms with van der Waals surface area (Å²) >= 11 is 0. The Kier molecular flexibility index (Phi) is 4.37. The number of amides is 3. The van der Waals surface area contributed by atoms with Crippen LogP contribution in [0.2, 0.25) is 0 Å². The lowest BCUT2D eigenvalue weighted by Crippen LogP contribution is -2.35. The highest BCUT2D eigenvalue weighted by Crippen LogP contribution is 2.22. The molecule has 2 heterocycles. The fourth-order valence-electron chi connectivity index (χ4n) is 2.69. The van der Waals surface area contributed by atoms with Gasteiger partial charge in [0.2, 0.25) is 5.91 Å². The van der Waals surface area contributed by atoms with Gasteiger partial charge in [0.15, 0.2) is 0 Å². The Balaban J connectivity index is 1.59. The van der Waals surface area contributed by atoms with E-state index in [1.54, 1.807) is 48.6 Å². The van der Waals surface area contributed by atoms with Crippen LogP contribution in [0.3, 0.4) is 0 Å². The fraction of sp³-hybridized carbons (Fsp3) is 0.222. The molecule has 0 saturated heterocycles. The molecule has 1 aromatic heterocycles. The minimum absolute atomic E-state index is 0.0859. The Labute approximate surface area is 139 Å². The van der Waals surface area contributed by atoms with Gasteiger partial charge in [-0.1, -0.05) is 18.2 Å². The molecule has 0 radical (unpaired) electrons. The van der Waals surface area contributed by atoms with Gasteiger partial charge in [-0.2, -0.15) is 0 Å². The molecule has 1 aliphatic rings. The number of fused-ring (bicyclic) bond motifs is 1. The summed E-state index contributed by atoms with van der Waals surface area (Å²) in [5, 5.41) is 0. The highest BCUT2D eigenvalue weighted by atomic mass is 16.2. The van der Waals surface area contributed by atoms with E-state index in [0.717, 1.165) is 10.5 Å². The van der Waals surface area contributed by atoms with Crippen molar-refractivity contribution in [1.29, 1.82) is 0 Å². The van der Waals surface area contributed by atoms with E-state index >= 15 is 0 Å². The molecule has 0 spiro atoms. The molecular formula is C18H17N3O3. The number of imide groups is 1. The summed E-state index contributed by atoms with van der Waals surface area (Å²) in [5.41, 5.74) is 1.73. The maximum atomic E-state index is 12.3. The molecule has 0 bridgehead atoms. The van der Waals surface area contributed by atoms with Crippen molar-refractivity contribution in [3.05, 3.63) is 65.5 Å². The molecule has 1 aromatic carbocycles. The lowest BCUT2D eigenvalue weighted by atomic mass is 10.1. The van der Waals surface area contributed by atoms with E-state index in [0.29, 0.717) is 17.7 Å². The largest absolute Gasteiger partial charge is 0.341 e. The van der Waals surface area contributed by atoms with E-state index in [4.69, 9.17) is 0 Å². The van der Waals surface area contributed by atoms with Crippen LogP contribution in [0.15, 0.2) is 48.8 Å². The number of hydrogen-bond acceptors (Lipinski definition) is 4. The van der Waals surface area contributed by atoms with Crippen LogP contribution in [0.4, 0.5) is 0 Å². The molecule has 122 valence electrons. The lowest BCUT2D eigenvalue weighted by Gasteiger charge is -2.19. The van der Waals surface area contributed by atoms with E-state index in [-0.39, 0.29) is 30.7 Å². The molecule has 24 heavy (non-hydrogen) atoms. The van der Waals surface area contributed by atoms with Gasteiger partial charge in [-0.05, 0) is 23.8 Å². The molecule has 6 nitrogen and oxygen atoms in total. The van der Waals surface area contributed by atoms with Crippen LogP contribution in [-0.4, -0.2) is 46.1 Å². The minimum Gasteiger partial charge on any atom is -0.341 e. The molecule has 3 amide bonds. The molecule has 0 saturated carbocycles. The van der Waals surface area contributed by atoms with Crippen LogP contribution in [0.1, 0.15) is 32.7 Å². The number of carbonyl (C=O) groups excluding carboxylic acids is 3. The van der Waals surface area contributed by atoms with Gasteiger partial charge in [0, 0.05) is 39.0 Å². The first-order valence-electron chi connectivity index (χ1n) is 7.66. The maximum Gasteiger partial charge on any atom is 0.261 e. The second-order valence-corrected chi connectivity index (χ2v) is 5.67. The predicted octanol–water partition coefficient (Wildman–Crippen LogP) is 1.73. The summed E-state index contributed by atoms with van der Waals surface area (Å²) < 4.78 is 0. The predicted molar refractivity (Wildman–Crippen MR) is 87.1 cm³/mol. The van der Waals surface area contributed by atoms with Crippen molar-refractivity contribution in [2.24, 2.45) is 0 Å². The van der Waals surface area contributed by atoms with Gasteiger partial charge < -0.3 is 4.90 Å². The first-order chi connectivity index (χ1) is 11.6. The summed E-state index contributed by atoms with van der Waals surface area (Å²) in [6, 6.07) is 10.4. The average molecular weight is 323 g/mol. The molecular weight excluding hydrogens is 306 g/mol. The second kappa shape index (κ2) is 6.62. The highest BCUT2D eigenvalue weighted by molar-refractivity contribution is 6.21. The second-order valence-electron chi connectivity index (χ2n) is 5.67. The third kappa shape index (κ3) is 3.03. The van der Waals surface area contributed by atoms with Gasteiger partial charge in [0.05, 0.1) is 11.1 Å². The van der Waals surface area contributed by atoms with Crippen molar-refractivity contribution in [1.82, 2.24) is 14.8 Å². The quantitative estimate of drug-likeness (QED) is 0.786. The maximum absolute atomic E-state index is 12.3. The van der Waals surface area contributed by atoms with Crippen molar-refractivity contribution < 1.29 is 14.4 Å². The van der Waals surface area contributed by atoms with Crippen molar-refractivity contribution in [2.75, 3.05) is 13.6 Å². The zero-order valence-electron chi connectivity index (χ0n) is 13.3. The molecule has 0 atom stereocenters. The Hall–Kier alpha value is -3.02. The Morgan fingerprint density at radius 3 is 2.33 bits per heavy atom. The first-order valence-corrected chi connectivity index (χ1v) is 7.66. The van der Waals surface area contributed by atoms with Gasteiger partial charge in [0.1, 0.15) is 0 Å². The Morgan fingerprint density at radius 2 is 1.75 bits per heavy atom. The summed E-state index contributed by atoms with van der Waals surface area (Å²) in [6.07, 6.45) is 3.48. The van der Waals surface area contributed by atoms with Crippen LogP contribution >= 0.6 is 0 Å². The standard InChI is InChI=1S/C18H17N3O3/c1-20(12-13-5-4-9-19-11-13)16(22)8-10-21-17(23)14-6-2-3-7-15(14)18(21)24/h2-7,9,11H,8,10,12H2,1H3. The van der Waals surface area contributed by atoms with E-state index in [9.17, 15) is 14.4 Å². The minimum atomic E-state index is -0.335. The van der Waals surface area contributed by atoms with Gasteiger partial charge in [-0.25, -0.2) is 0 Å². The molecule has 6 heteroatoms. The van der Waals surface area contributed by atoms with Crippen LogP contribution in [0.5, 0.6) is 0 Å². The summed E-state index contributed by atoms with van der Waals surface area (Å²) in [6.45, 7) is 0.525. The van der Waals surface area contributed by atoms with Crippen molar-refractivity contribution in [3.8, 4) is 0 Å². The highest BCUT2D eigenvalue weighted by Gasteiger charge is 2.35. The molecule has 0 N–H and O–H groups in total. The van der Waals surface area contributed by atoms with Gasteiger partial charge >= 0.3 is 0 Å². The number of benzene rings is 1. The van der Waals surface area contributed by atoms with E-state index < -0.39 is 0 Å². The molecule has 0 fully saturated rings. The van der Waals surface area contributed by atoms with Crippen LogP contribution in [0.25, 0.3) is 0 Å². The van der Waals surface area contributed by atoms with Crippen molar-refractivity contribution in [3.63, 3.8) is 0 Å². The van der Waals surface area contributed by atoms with E-state index in [2.05, 4.69) is 4.98 Å². The fourth-order valence-corrected chi connectivity index (χ4v) is 2.69. The van der Waals surface area contributed by atoms with Crippen LogP contribution in [-0.2, 0) is 11.3 Å². The summed E-state index contributed by atoms with van der Waals surface area (Å²) in [4.78, 5) is 43.5. The van der Waals surface area contributed by atoms with Gasteiger partial charge in [-0.3, -0.25) is 24.3 Å². The van der Waals surface area contributed by atoms with E-state index in [1.807, 2.05) is 12.1 Å². The molecule has 0 unspecified atom stereocenters. The number of pyridine rings is 1. The molecule has 1 aliphatic heterocycles. The smallest absolute Gasteiger partial charge is 0.261 e. The normalized spacial score (nSPS) is 13.1. The molecule has 2 aromatic rings. The van der Waals surface area contributed by atoms with Crippen LogP contribution < -0.4 is 0 Å². The third-order valence-corrected chi connectivity index (χ3v) is 4.00. The number of aromatic nitrogens is 1. The number of rotatable bonds is 5. The van der Waals surface area contributed by atoms with Gasteiger partial charge in [0.25, 0.3) is 11.8 Å². The molecule has 0 aliphatic carbocycles. The Bertz CT molecular complexity index is 754. The van der Waals surface area contributed by atoms with Crippen molar-refractivity contribution in [2.45, 2.75) is 13.0 Å². The van der Waals surface area contributed by atoms with Crippen molar-refractivity contribution >= 4 is 17.7 Å². The first kappa shape index (κ1) is 15.9. The third-order valence-electron chi connectivity index (χ3n) is 4.00. The van der Waals surface area contributed by atoms with E-state index in [1.165, 1.54) is 0 Å². The average Bonchev–Trinajstić information content (AvgIpc) is 2.85. The number of hydrogen-bond donors (Lipinski definition) is 0. The number of carbonyl (C=O) groups is 3. The Morgan fingerprint density at radius 1 is 1.08 bits per heavy atom. The summed E-state index contributed by atoms with van der Waals surface area (Å²) in [7, 11) is 1.69. The SMILES string of the molecule is CN(Cc1cccnc1)C(=O)CCN1C(=O)c2ccccc2C1=O. The molecule has 3 rings (SSSR count). The number of nitrogens with zero attached hydrogens (tertiary/aromatic N) is 3. The zero-order valence-corrected chi connectivity index (χ0v) is 13.3. The van der Waals surface area contributed by atoms with Gasteiger partial charge in [-0.15, -0.1) is 0 Å². The monoisotopic (exact) mass is 323 g/mol. The zero-order chi connectivity index (χ0) is 17.1. The lowest BCUT2D eigenvalue weighted by molar-refractivity contribution is -0.130. The summed E-state index contributed by atoms with van der Waals surface area (Å²) in [5.74, 6) is -0.799. The topological polar surface area (TPSA) is 70.6 Å².